The van der Waals surface area contributed by atoms with Crippen molar-refractivity contribution in [2.24, 2.45) is 0 Å². The average molecular weight is 266 g/mol. The molecule has 1 aromatic rings. The second kappa shape index (κ2) is 5.74. The zero-order chi connectivity index (χ0) is 13.9. The zero-order valence-corrected chi connectivity index (χ0v) is 11.9. The molecule has 2 heterocycles. The van der Waals surface area contributed by atoms with Gasteiger partial charge in [0.2, 0.25) is 0 Å². The van der Waals surface area contributed by atoms with Gasteiger partial charge < -0.3 is 9.47 Å². The fraction of sp³-hybridized carbons (Fsp3) is 0.714. The van der Waals surface area contributed by atoms with Gasteiger partial charge in [-0.25, -0.2) is 4.68 Å². The maximum Gasteiger partial charge on any atom is 0.310 e. The fourth-order valence-corrected chi connectivity index (χ4v) is 2.10. The van der Waals surface area contributed by atoms with Crippen LogP contribution in [0, 0.1) is 0 Å². The number of rotatable bonds is 3. The molecule has 106 valence electrons. The van der Waals surface area contributed by atoms with Gasteiger partial charge in [0, 0.05) is 18.4 Å². The predicted molar refractivity (Wildman–Crippen MR) is 70.6 cm³/mol. The van der Waals surface area contributed by atoms with Crippen LogP contribution in [0.5, 0.6) is 0 Å². The highest BCUT2D eigenvalue weighted by molar-refractivity contribution is 5.72. The van der Waals surface area contributed by atoms with Crippen molar-refractivity contribution < 1.29 is 14.3 Å². The standard InChI is InChI=1S/C14H22N2O3/c1-14(2,3)19-13(17)8-11-9-15-16(10-11)12-6-4-5-7-18-12/h9-10,12H,4-8H2,1-3H3/t12-/m1/s1. The molecular formula is C14H22N2O3. The minimum atomic E-state index is -0.445. The van der Waals surface area contributed by atoms with Crippen molar-refractivity contribution in [2.75, 3.05) is 6.61 Å². The molecule has 0 spiro atoms. The van der Waals surface area contributed by atoms with E-state index in [9.17, 15) is 4.79 Å². The lowest BCUT2D eigenvalue weighted by molar-refractivity contribution is -0.153. The average Bonchev–Trinajstić information content (AvgIpc) is 2.76. The smallest absolute Gasteiger partial charge is 0.310 e. The quantitative estimate of drug-likeness (QED) is 0.789. The normalized spacial score (nSPS) is 20.3. The Kier molecular flexibility index (Phi) is 4.24. The molecule has 0 radical (unpaired) electrons. The summed E-state index contributed by atoms with van der Waals surface area (Å²) >= 11 is 0. The summed E-state index contributed by atoms with van der Waals surface area (Å²) in [5.41, 5.74) is 0.419. The molecule has 5 nitrogen and oxygen atoms in total. The second-order valence-electron chi connectivity index (χ2n) is 5.91. The van der Waals surface area contributed by atoms with E-state index < -0.39 is 5.60 Å². The van der Waals surface area contributed by atoms with Crippen LogP contribution in [0.3, 0.4) is 0 Å². The third-order valence-corrected chi connectivity index (χ3v) is 2.87. The molecule has 2 rings (SSSR count). The monoisotopic (exact) mass is 266 g/mol. The van der Waals surface area contributed by atoms with Crippen molar-refractivity contribution in [3.63, 3.8) is 0 Å². The van der Waals surface area contributed by atoms with Crippen LogP contribution in [-0.2, 0) is 20.7 Å². The highest BCUT2D eigenvalue weighted by atomic mass is 16.6. The van der Waals surface area contributed by atoms with Gasteiger partial charge in [0.1, 0.15) is 11.8 Å². The summed E-state index contributed by atoms with van der Waals surface area (Å²) in [6.45, 7) is 6.38. The van der Waals surface area contributed by atoms with Gasteiger partial charge in [-0.2, -0.15) is 5.10 Å². The molecule has 1 aromatic heterocycles. The van der Waals surface area contributed by atoms with E-state index in [2.05, 4.69) is 5.10 Å². The van der Waals surface area contributed by atoms with Crippen molar-refractivity contribution in [1.82, 2.24) is 9.78 Å². The molecule has 0 unspecified atom stereocenters. The number of ether oxygens (including phenoxy) is 2. The Morgan fingerprint density at radius 1 is 1.53 bits per heavy atom. The molecule has 0 amide bonds. The minimum absolute atomic E-state index is 0.0149. The van der Waals surface area contributed by atoms with E-state index in [1.54, 1.807) is 10.9 Å². The Bertz CT molecular complexity index is 428. The first-order valence-electron chi connectivity index (χ1n) is 6.80. The van der Waals surface area contributed by atoms with E-state index in [4.69, 9.17) is 9.47 Å². The molecule has 1 aliphatic heterocycles. The van der Waals surface area contributed by atoms with Gasteiger partial charge in [-0.1, -0.05) is 0 Å². The molecular weight excluding hydrogens is 244 g/mol. The molecule has 1 saturated heterocycles. The van der Waals surface area contributed by atoms with Gasteiger partial charge >= 0.3 is 5.97 Å². The van der Waals surface area contributed by atoms with E-state index in [0.29, 0.717) is 0 Å². The number of aromatic nitrogens is 2. The largest absolute Gasteiger partial charge is 0.460 e. The van der Waals surface area contributed by atoms with Crippen molar-refractivity contribution in [2.45, 2.75) is 58.3 Å². The van der Waals surface area contributed by atoms with Crippen LogP contribution in [0.2, 0.25) is 0 Å². The van der Waals surface area contributed by atoms with E-state index >= 15 is 0 Å². The van der Waals surface area contributed by atoms with Crippen molar-refractivity contribution >= 4 is 5.97 Å². The number of esters is 1. The van der Waals surface area contributed by atoms with Gasteiger partial charge in [-0.15, -0.1) is 0 Å². The van der Waals surface area contributed by atoms with Crippen LogP contribution in [0.25, 0.3) is 0 Å². The topological polar surface area (TPSA) is 53.3 Å². The SMILES string of the molecule is CC(C)(C)OC(=O)Cc1cnn([C@H]2CCCCO2)c1. The van der Waals surface area contributed by atoms with E-state index in [0.717, 1.165) is 31.4 Å². The van der Waals surface area contributed by atoms with E-state index in [1.165, 1.54) is 0 Å². The first-order valence-corrected chi connectivity index (χ1v) is 6.80. The summed E-state index contributed by atoms with van der Waals surface area (Å²) in [6.07, 6.45) is 7.11. The van der Waals surface area contributed by atoms with Gasteiger partial charge in [0.15, 0.2) is 0 Å². The molecule has 1 atom stereocenters. The van der Waals surface area contributed by atoms with Crippen LogP contribution < -0.4 is 0 Å². The highest BCUT2D eigenvalue weighted by Gasteiger charge is 2.19. The molecule has 0 aromatic carbocycles. The lowest BCUT2D eigenvalue weighted by Crippen LogP contribution is -2.24. The van der Waals surface area contributed by atoms with Crippen LogP contribution >= 0.6 is 0 Å². The lowest BCUT2D eigenvalue weighted by atomic mass is 10.2. The summed E-state index contributed by atoms with van der Waals surface area (Å²) in [4.78, 5) is 11.7. The Morgan fingerprint density at radius 3 is 2.95 bits per heavy atom. The molecule has 19 heavy (non-hydrogen) atoms. The fourth-order valence-electron chi connectivity index (χ4n) is 2.10. The number of hydrogen-bond donors (Lipinski definition) is 0. The Labute approximate surface area is 113 Å². The molecule has 0 bridgehead atoms. The number of hydrogen-bond acceptors (Lipinski definition) is 4. The Balaban J connectivity index is 1.91. The first-order chi connectivity index (χ1) is 8.94. The molecule has 0 saturated carbocycles. The summed E-state index contributed by atoms with van der Waals surface area (Å²) in [6, 6.07) is 0. The maximum absolute atomic E-state index is 11.7. The van der Waals surface area contributed by atoms with Gasteiger partial charge in [-0.3, -0.25) is 4.79 Å². The van der Waals surface area contributed by atoms with Crippen molar-refractivity contribution in [3.05, 3.63) is 18.0 Å². The minimum Gasteiger partial charge on any atom is -0.460 e. The number of nitrogens with zero attached hydrogens (tertiary/aromatic N) is 2. The second-order valence-corrected chi connectivity index (χ2v) is 5.91. The molecule has 5 heteroatoms. The number of carbonyl (C=O) groups excluding carboxylic acids is 1. The van der Waals surface area contributed by atoms with Crippen molar-refractivity contribution in [3.8, 4) is 0 Å². The maximum atomic E-state index is 11.7. The van der Waals surface area contributed by atoms with Gasteiger partial charge in [0.25, 0.3) is 0 Å². The Hall–Kier alpha value is -1.36. The van der Waals surface area contributed by atoms with E-state index in [1.807, 2.05) is 27.0 Å². The third kappa shape index (κ3) is 4.35. The lowest BCUT2D eigenvalue weighted by Gasteiger charge is -2.22. The van der Waals surface area contributed by atoms with Crippen molar-refractivity contribution in [1.29, 1.82) is 0 Å². The summed E-state index contributed by atoms with van der Waals surface area (Å²) in [5.74, 6) is -0.225. The van der Waals surface area contributed by atoms with Gasteiger partial charge in [0.05, 0.1) is 12.6 Å². The van der Waals surface area contributed by atoms with Crippen LogP contribution in [0.15, 0.2) is 12.4 Å². The molecule has 0 N–H and O–H groups in total. The predicted octanol–water partition coefficient (Wildman–Crippen LogP) is 2.47. The Morgan fingerprint density at radius 2 is 2.32 bits per heavy atom. The molecule has 0 aliphatic carbocycles. The summed E-state index contributed by atoms with van der Waals surface area (Å²) in [7, 11) is 0. The number of carbonyl (C=O) groups is 1. The van der Waals surface area contributed by atoms with Crippen LogP contribution in [-0.4, -0.2) is 28.0 Å². The first kappa shape index (κ1) is 14.1. The zero-order valence-electron chi connectivity index (χ0n) is 11.9. The van der Waals surface area contributed by atoms with Crippen LogP contribution in [0.1, 0.15) is 51.8 Å². The van der Waals surface area contributed by atoms with Gasteiger partial charge in [-0.05, 0) is 40.0 Å². The highest BCUT2D eigenvalue weighted by Crippen LogP contribution is 2.22. The summed E-state index contributed by atoms with van der Waals surface area (Å²) in [5, 5.41) is 4.27. The summed E-state index contributed by atoms with van der Waals surface area (Å²) < 4.78 is 12.7. The van der Waals surface area contributed by atoms with Crippen LogP contribution in [0.4, 0.5) is 0 Å². The molecule has 1 aliphatic rings. The third-order valence-electron chi connectivity index (χ3n) is 2.87. The molecule has 1 fully saturated rings. The van der Waals surface area contributed by atoms with E-state index in [-0.39, 0.29) is 18.6 Å².